The number of benzene rings is 1. The molecule has 1 aromatic carbocycles. The average molecular weight is 349 g/mol. The molecule has 1 N–H and O–H groups in total. The molecule has 2 aromatic rings. The molecule has 0 radical (unpaired) electrons. The lowest BCUT2D eigenvalue weighted by molar-refractivity contribution is -0.119. The second-order valence-electron chi connectivity index (χ2n) is 5.30. The Morgan fingerprint density at radius 2 is 2.04 bits per heavy atom. The molecule has 7 nitrogen and oxygen atoms in total. The van der Waals surface area contributed by atoms with Crippen LogP contribution in [0.2, 0.25) is 0 Å². The van der Waals surface area contributed by atoms with E-state index in [-0.39, 0.29) is 6.54 Å². The predicted octanol–water partition coefficient (Wildman–Crippen LogP) is 1.81. The van der Waals surface area contributed by atoms with E-state index in [1.807, 2.05) is 19.9 Å². The van der Waals surface area contributed by atoms with Crippen LogP contribution in [0.5, 0.6) is 0 Å². The highest BCUT2D eigenvalue weighted by atomic mass is 32.2. The van der Waals surface area contributed by atoms with Gasteiger partial charge in [0.15, 0.2) is 0 Å². The van der Waals surface area contributed by atoms with Gasteiger partial charge in [0.05, 0.1) is 24.4 Å². The van der Waals surface area contributed by atoms with Crippen molar-refractivity contribution in [2.75, 3.05) is 17.1 Å². The van der Waals surface area contributed by atoms with Gasteiger partial charge in [-0.25, -0.2) is 13.8 Å². The third kappa shape index (κ3) is 4.45. The zero-order valence-corrected chi connectivity index (χ0v) is 14.5. The number of hydrogen-bond acceptors (Lipinski definition) is 5. The Bertz CT molecular complexity index is 842. The molecule has 24 heavy (non-hydrogen) atoms. The number of carbonyl (C=O) groups is 1. The second kappa shape index (κ2) is 7.31. The molecule has 0 saturated carbocycles. The van der Waals surface area contributed by atoms with Crippen LogP contribution >= 0.6 is 0 Å². The van der Waals surface area contributed by atoms with Crippen LogP contribution < -0.4 is 9.73 Å². The largest absolute Gasteiger partial charge is 0.463 e. The number of nitrogens with one attached hydrogen (secondary N) is 1. The SMILES string of the molecule is Cc1cccc(N(CC(=O)N/N=C\c2ccco2)S(C)(=O)=O)c1C. The molecule has 0 fully saturated rings. The maximum atomic E-state index is 12.1. The molecule has 0 saturated heterocycles. The third-order valence-corrected chi connectivity index (χ3v) is 4.58. The first kappa shape index (κ1) is 17.7. The fourth-order valence-corrected chi connectivity index (χ4v) is 2.99. The van der Waals surface area contributed by atoms with Gasteiger partial charge in [0.25, 0.3) is 5.91 Å². The minimum absolute atomic E-state index is 0.362. The quantitative estimate of drug-likeness (QED) is 0.636. The first-order chi connectivity index (χ1) is 11.3. The van der Waals surface area contributed by atoms with Crippen molar-refractivity contribution in [3.05, 3.63) is 53.5 Å². The smallest absolute Gasteiger partial charge is 0.260 e. The van der Waals surface area contributed by atoms with Crippen LogP contribution in [-0.2, 0) is 14.8 Å². The number of sulfonamides is 1. The average Bonchev–Trinajstić information content (AvgIpc) is 3.00. The molecule has 0 unspecified atom stereocenters. The van der Waals surface area contributed by atoms with Crippen molar-refractivity contribution >= 4 is 27.8 Å². The molecule has 0 atom stereocenters. The van der Waals surface area contributed by atoms with Crippen molar-refractivity contribution in [3.63, 3.8) is 0 Å². The Morgan fingerprint density at radius 3 is 2.67 bits per heavy atom. The summed E-state index contributed by atoms with van der Waals surface area (Å²) >= 11 is 0. The minimum Gasteiger partial charge on any atom is -0.463 e. The van der Waals surface area contributed by atoms with Gasteiger partial charge in [-0.05, 0) is 43.2 Å². The number of hydrogen-bond donors (Lipinski definition) is 1. The maximum absolute atomic E-state index is 12.1. The van der Waals surface area contributed by atoms with Gasteiger partial charge in [-0.3, -0.25) is 9.10 Å². The molecular weight excluding hydrogens is 330 g/mol. The summed E-state index contributed by atoms with van der Waals surface area (Å²) in [4.78, 5) is 12.0. The molecule has 1 amide bonds. The van der Waals surface area contributed by atoms with Crippen LogP contribution in [0.3, 0.4) is 0 Å². The van der Waals surface area contributed by atoms with Gasteiger partial charge in [-0.1, -0.05) is 12.1 Å². The highest BCUT2D eigenvalue weighted by Crippen LogP contribution is 2.24. The Labute approximate surface area is 141 Å². The number of hydrazone groups is 1. The van der Waals surface area contributed by atoms with E-state index in [1.54, 1.807) is 24.3 Å². The van der Waals surface area contributed by atoms with Crippen LogP contribution in [-0.4, -0.2) is 33.3 Å². The molecule has 8 heteroatoms. The first-order valence-electron chi connectivity index (χ1n) is 7.18. The standard InChI is InChI=1S/C16H19N3O4S/c1-12-6-4-8-15(13(12)2)19(24(3,21)22)11-16(20)18-17-10-14-7-5-9-23-14/h4-10H,11H2,1-3H3,(H,18,20)/b17-10-. The van der Waals surface area contributed by atoms with Crippen LogP contribution in [0, 0.1) is 13.8 Å². The number of amides is 1. The number of furan rings is 1. The number of rotatable bonds is 6. The monoisotopic (exact) mass is 349 g/mol. The van der Waals surface area contributed by atoms with E-state index >= 15 is 0 Å². The van der Waals surface area contributed by atoms with Crippen LogP contribution in [0.4, 0.5) is 5.69 Å². The number of aryl methyl sites for hydroxylation is 1. The van der Waals surface area contributed by atoms with E-state index in [0.717, 1.165) is 21.7 Å². The van der Waals surface area contributed by atoms with Crippen LogP contribution in [0.25, 0.3) is 0 Å². The fourth-order valence-electron chi connectivity index (χ4n) is 2.09. The van der Waals surface area contributed by atoms with Gasteiger partial charge in [0.2, 0.25) is 10.0 Å². The highest BCUT2D eigenvalue weighted by molar-refractivity contribution is 7.92. The van der Waals surface area contributed by atoms with Crippen molar-refractivity contribution in [1.29, 1.82) is 0 Å². The molecule has 1 heterocycles. The van der Waals surface area contributed by atoms with Crippen molar-refractivity contribution < 1.29 is 17.6 Å². The lowest BCUT2D eigenvalue weighted by Crippen LogP contribution is -2.39. The van der Waals surface area contributed by atoms with E-state index in [0.29, 0.717) is 11.4 Å². The fraction of sp³-hybridized carbons (Fsp3) is 0.250. The zero-order valence-electron chi connectivity index (χ0n) is 13.7. The minimum atomic E-state index is -3.62. The Hall–Kier alpha value is -2.61. The first-order valence-corrected chi connectivity index (χ1v) is 9.03. The molecule has 0 aliphatic carbocycles. The number of nitrogens with zero attached hydrogens (tertiary/aromatic N) is 2. The van der Waals surface area contributed by atoms with E-state index in [2.05, 4.69) is 10.5 Å². The summed E-state index contributed by atoms with van der Waals surface area (Å²) in [6, 6.07) is 8.67. The molecule has 0 aliphatic rings. The normalized spacial score (nSPS) is 11.6. The van der Waals surface area contributed by atoms with Crippen LogP contribution in [0.15, 0.2) is 46.1 Å². The van der Waals surface area contributed by atoms with Gasteiger partial charge < -0.3 is 4.42 Å². The predicted molar refractivity (Wildman–Crippen MR) is 92.6 cm³/mol. The lowest BCUT2D eigenvalue weighted by atomic mass is 10.1. The summed E-state index contributed by atoms with van der Waals surface area (Å²) in [5.41, 5.74) is 4.51. The summed E-state index contributed by atoms with van der Waals surface area (Å²) in [7, 11) is -3.62. The summed E-state index contributed by atoms with van der Waals surface area (Å²) in [5.74, 6) is -0.0751. The molecule has 0 aliphatic heterocycles. The van der Waals surface area contributed by atoms with Crippen LogP contribution in [0.1, 0.15) is 16.9 Å². The summed E-state index contributed by atoms with van der Waals surface area (Å²) in [6.07, 6.45) is 3.88. The molecule has 128 valence electrons. The Kier molecular flexibility index (Phi) is 5.40. The molecular formula is C16H19N3O4S. The van der Waals surface area contributed by atoms with E-state index < -0.39 is 15.9 Å². The van der Waals surface area contributed by atoms with E-state index in [1.165, 1.54) is 12.5 Å². The van der Waals surface area contributed by atoms with Gasteiger partial charge in [0.1, 0.15) is 12.3 Å². The number of anilines is 1. The lowest BCUT2D eigenvalue weighted by Gasteiger charge is -2.23. The second-order valence-corrected chi connectivity index (χ2v) is 7.20. The van der Waals surface area contributed by atoms with Gasteiger partial charge in [0, 0.05) is 0 Å². The summed E-state index contributed by atoms with van der Waals surface area (Å²) in [5, 5.41) is 3.74. The van der Waals surface area contributed by atoms with Crippen molar-refractivity contribution in [2.24, 2.45) is 5.10 Å². The zero-order chi connectivity index (χ0) is 17.7. The Balaban J connectivity index is 2.15. The van der Waals surface area contributed by atoms with Gasteiger partial charge in [-0.2, -0.15) is 5.10 Å². The van der Waals surface area contributed by atoms with Gasteiger partial charge >= 0.3 is 0 Å². The molecule has 0 bridgehead atoms. The van der Waals surface area contributed by atoms with Crippen molar-refractivity contribution in [1.82, 2.24) is 5.43 Å². The number of carbonyl (C=O) groups excluding carboxylic acids is 1. The van der Waals surface area contributed by atoms with Gasteiger partial charge in [-0.15, -0.1) is 0 Å². The third-order valence-electron chi connectivity index (χ3n) is 3.46. The molecule has 0 spiro atoms. The summed E-state index contributed by atoms with van der Waals surface area (Å²) < 4.78 is 30.3. The maximum Gasteiger partial charge on any atom is 0.260 e. The highest BCUT2D eigenvalue weighted by Gasteiger charge is 2.22. The Morgan fingerprint density at radius 1 is 1.29 bits per heavy atom. The van der Waals surface area contributed by atoms with Crippen molar-refractivity contribution in [2.45, 2.75) is 13.8 Å². The molecule has 2 rings (SSSR count). The summed E-state index contributed by atoms with van der Waals surface area (Å²) in [6.45, 7) is 3.33. The van der Waals surface area contributed by atoms with E-state index in [9.17, 15) is 13.2 Å². The molecule has 1 aromatic heterocycles. The van der Waals surface area contributed by atoms with Crippen molar-refractivity contribution in [3.8, 4) is 0 Å². The topological polar surface area (TPSA) is 92.0 Å². The van der Waals surface area contributed by atoms with E-state index in [4.69, 9.17) is 4.42 Å².